The molecule has 0 spiro atoms. The zero-order chi connectivity index (χ0) is 18.7. The summed E-state index contributed by atoms with van der Waals surface area (Å²) in [7, 11) is 0. The summed E-state index contributed by atoms with van der Waals surface area (Å²) in [6.07, 6.45) is 2.69. The highest BCUT2D eigenvalue weighted by atomic mass is 19.2. The van der Waals surface area contributed by atoms with E-state index < -0.39 is 17.5 Å². The number of hydrogen-bond donors (Lipinski definition) is 0. The maximum Gasteiger partial charge on any atom is 0.167 e. The Balaban J connectivity index is 1.88. The minimum Gasteiger partial charge on any atom is -0.494 e. The van der Waals surface area contributed by atoms with Gasteiger partial charge in [-0.3, -0.25) is 0 Å². The topological polar surface area (TPSA) is 18.5 Å². The van der Waals surface area contributed by atoms with Crippen LogP contribution in [0, 0.1) is 17.5 Å². The molecule has 5 heteroatoms. The molecule has 2 nitrogen and oxygen atoms in total. The molecule has 2 aromatic carbocycles. The van der Waals surface area contributed by atoms with Crippen LogP contribution in [0.2, 0.25) is 0 Å². The second-order valence-electron chi connectivity index (χ2n) is 6.54. The van der Waals surface area contributed by atoms with Gasteiger partial charge in [-0.15, -0.1) is 0 Å². The number of hydrogen-bond acceptors (Lipinski definition) is 2. The Kier molecular flexibility index (Phi) is 5.87. The number of rotatable bonds is 5. The van der Waals surface area contributed by atoms with Crippen molar-refractivity contribution in [3.8, 4) is 16.9 Å². The normalized spacial score (nSPS) is 20.2. The van der Waals surface area contributed by atoms with Crippen molar-refractivity contribution >= 4 is 0 Å². The Hall–Kier alpha value is -2.01. The van der Waals surface area contributed by atoms with Crippen LogP contribution in [0.4, 0.5) is 13.2 Å². The summed E-state index contributed by atoms with van der Waals surface area (Å²) in [5.41, 5.74) is 0.226. The van der Waals surface area contributed by atoms with Gasteiger partial charge in [0.25, 0.3) is 0 Å². The highest BCUT2D eigenvalue weighted by Gasteiger charge is 2.27. The molecular formula is C21H23F3O2. The van der Waals surface area contributed by atoms with E-state index in [1.54, 1.807) is 19.1 Å². The van der Waals surface area contributed by atoms with E-state index in [0.717, 1.165) is 19.3 Å². The van der Waals surface area contributed by atoms with E-state index in [9.17, 15) is 13.2 Å². The Morgan fingerprint density at radius 2 is 1.77 bits per heavy atom. The van der Waals surface area contributed by atoms with Crippen LogP contribution in [0.3, 0.4) is 0 Å². The summed E-state index contributed by atoms with van der Waals surface area (Å²) < 4.78 is 54.6. The van der Waals surface area contributed by atoms with Gasteiger partial charge in [-0.2, -0.15) is 0 Å². The summed E-state index contributed by atoms with van der Waals surface area (Å²) in [6, 6.07) is 7.13. The van der Waals surface area contributed by atoms with Gasteiger partial charge < -0.3 is 9.47 Å². The van der Waals surface area contributed by atoms with Crippen LogP contribution in [0.15, 0.2) is 30.3 Å². The van der Waals surface area contributed by atoms with Crippen molar-refractivity contribution in [1.82, 2.24) is 0 Å². The minimum absolute atomic E-state index is 0.0161. The first-order valence-electron chi connectivity index (χ1n) is 9.07. The van der Waals surface area contributed by atoms with Gasteiger partial charge >= 0.3 is 0 Å². The van der Waals surface area contributed by atoms with Crippen molar-refractivity contribution in [2.75, 3.05) is 13.2 Å². The Bertz CT molecular complexity index is 768. The fourth-order valence-corrected chi connectivity index (χ4v) is 3.43. The Morgan fingerprint density at radius 3 is 2.38 bits per heavy atom. The summed E-state index contributed by atoms with van der Waals surface area (Å²) in [6.45, 7) is 4.62. The molecule has 1 saturated heterocycles. The van der Waals surface area contributed by atoms with Crippen LogP contribution in [0.1, 0.15) is 44.6 Å². The average molecular weight is 364 g/mol. The van der Waals surface area contributed by atoms with E-state index in [1.807, 2.05) is 6.92 Å². The second kappa shape index (κ2) is 8.12. The van der Waals surface area contributed by atoms with Gasteiger partial charge in [0, 0.05) is 23.1 Å². The molecule has 3 rings (SSSR count). The number of ether oxygens (including phenoxy) is 2. The lowest BCUT2D eigenvalue weighted by molar-refractivity contribution is 0.00131. The van der Waals surface area contributed by atoms with E-state index in [2.05, 4.69) is 0 Å². The third-order valence-corrected chi connectivity index (χ3v) is 4.92. The van der Waals surface area contributed by atoms with Crippen molar-refractivity contribution in [3.05, 3.63) is 53.3 Å². The monoisotopic (exact) mass is 364 g/mol. The fraction of sp³-hybridized carbons (Fsp3) is 0.429. The third kappa shape index (κ3) is 3.73. The largest absolute Gasteiger partial charge is 0.494 e. The predicted octanol–water partition coefficient (Wildman–Crippen LogP) is 5.84. The highest BCUT2D eigenvalue weighted by Crippen LogP contribution is 2.35. The maximum absolute atomic E-state index is 14.7. The van der Waals surface area contributed by atoms with Crippen LogP contribution in [0.5, 0.6) is 5.75 Å². The molecule has 0 saturated carbocycles. The smallest absolute Gasteiger partial charge is 0.167 e. The van der Waals surface area contributed by atoms with Gasteiger partial charge in [-0.25, -0.2) is 13.2 Å². The summed E-state index contributed by atoms with van der Waals surface area (Å²) in [5.74, 6) is -2.40. The van der Waals surface area contributed by atoms with E-state index in [4.69, 9.17) is 9.47 Å². The molecule has 140 valence electrons. The molecule has 2 unspecified atom stereocenters. The molecule has 0 amide bonds. The van der Waals surface area contributed by atoms with Crippen LogP contribution >= 0.6 is 0 Å². The molecule has 0 aromatic heterocycles. The first-order valence-corrected chi connectivity index (χ1v) is 9.07. The van der Waals surface area contributed by atoms with Crippen molar-refractivity contribution in [3.63, 3.8) is 0 Å². The van der Waals surface area contributed by atoms with Gasteiger partial charge in [0.15, 0.2) is 11.6 Å². The summed E-state index contributed by atoms with van der Waals surface area (Å²) >= 11 is 0. The molecule has 0 aliphatic carbocycles. The first-order chi connectivity index (χ1) is 12.5. The van der Waals surface area contributed by atoms with Crippen LogP contribution < -0.4 is 4.74 Å². The van der Waals surface area contributed by atoms with Gasteiger partial charge in [-0.1, -0.05) is 19.1 Å². The fourth-order valence-electron chi connectivity index (χ4n) is 3.43. The van der Waals surface area contributed by atoms with Crippen molar-refractivity contribution in [2.45, 2.75) is 45.1 Å². The Morgan fingerprint density at radius 1 is 1.00 bits per heavy atom. The van der Waals surface area contributed by atoms with E-state index in [-0.39, 0.29) is 23.1 Å². The van der Waals surface area contributed by atoms with Gasteiger partial charge in [0.1, 0.15) is 11.6 Å². The van der Waals surface area contributed by atoms with E-state index in [1.165, 1.54) is 18.2 Å². The lowest BCUT2D eigenvalue weighted by Gasteiger charge is -2.29. The number of benzene rings is 2. The minimum atomic E-state index is -1.02. The molecule has 0 N–H and O–H groups in total. The zero-order valence-electron chi connectivity index (χ0n) is 15.0. The highest BCUT2D eigenvalue weighted by molar-refractivity contribution is 5.66. The van der Waals surface area contributed by atoms with Crippen molar-refractivity contribution < 1.29 is 22.6 Å². The second-order valence-corrected chi connectivity index (χ2v) is 6.54. The lowest BCUT2D eigenvalue weighted by Crippen LogP contribution is -2.24. The molecule has 2 atom stereocenters. The van der Waals surface area contributed by atoms with Crippen LogP contribution in [-0.4, -0.2) is 19.3 Å². The zero-order valence-corrected chi connectivity index (χ0v) is 15.0. The van der Waals surface area contributed by atoms with Gasteiger partial charge in [0.05, 0.1) is 19.3 Å². The molecule has 2 aromatic rings. The molecular weight excluding hydrogens is 341 g/mol. The van der Waals surface area contributed by atoms with E-state index >= 15 is 0 Å². The third-order valence-electron chi connectivity index (χ3n) is 4.92. The Labute approximate surface area is 151 Å². The van der Waals surface area contributed by atoms with Crippen molar-refractivity contribution in [2.24, 2.45) is 0 Å². The van der Waals surface area contributed by atoms with Gasteiger partial charge in [0.2, 0.25) is 0 Å². The van der Waals surface area contributed by atoms with Crippen LogP contribution in [0.25, 0.3) is 11.1 Å². The molecule has 0 bridgehead atoms. The summed E-state index contributed by atoms with van der Waals surface area (Å²) in [4.78, 5) is 0. The lowest BCUT2D eigenvalue weighted by atomic mass is 9.89. The van der Waals surface area contributed by atoms with Gasteiger partial charge in [-0.05, 0) is 43.9 Å². The standard InChI is InChI=1S/C21H23F3O2/c1-3-14-6-5-13(12-26-14)16-9-10-18(21(24)20(16)23)17-8-7-15(25-4-2)11-19(17)22/h7-11,13-14H,3-6,12H2,1-2H3. The predicted molar refractivity (Wildman–Crippen MR) is 94.9 cm³/mol. The first kappa shape index (κ1) is 18.8. The number of halogens is 3. The summed E-state index contributed by atoms with van der Waals surface area (Å²) in [5, 5.41) is 0. The molecule has 0 radical (unpaired) electrons. The van der Waals surface area contributed by atoms with Crippen LogP contribution in [-0.2, 0) is 4.74 Å². The molecule has 1 aliphatic rings. The van der Waals surface area contributed by atoms with E-state index in [0.29, 0.717) is 24.5 Å². The quantitative estimate of drug-likeness (QED) is 0.663. The molecule has 1 heterocycles. The van der Waals surface area contributed by atoms with Crippen molar-refractivity contribution in [1.29, 1.82) is 0 Å². The maximum atomic E-state index is 14.7. The molecule has 26 heavy (non-hydrogen) atoms. The molecule has 1 aliphatic heterocycles. The average Bonchev–Trinajstić information content (AvgIpc) is 2.65. The molecule has 1 fully saturated rings. The SMILES string of the molecule is CCOc1ccc(-c2ccc(C3CCC(CC)OC3)c(F)c2F)c(F)c1.